The Morgan fingerprint density at radius 2 is 2.29 bits per heavy atom. The van der Waals surface area contributed by atoms with E-state index in [-0.39, 0.29) is 10.8 Å². The highest BCUT2D eigenvalue weighted by molar-refractivity contribution is 6.35. The number of anilines is 2. The maximum absolute atomic E-state index is 5.99. The Labute approximate surface area is 103 Å². The Morgan fingerprint density at radius 3 is 2.88 bits per heavy atom. The van der Waals surface area contributed by atoms with E-state index in [4.69, 9.17) is 17.3 Å². The fourth-order valence-electron chi connectivity index (χ4n) is 1.21. The first kappa shape index (κ1) is 11.3. The van der Waals surface area contributed by atoms with Crippen LogP contribution in [0.5, 0.6) is 0 Å². The van der Waals surface area contributed by atoms with Gasteiger partial charge in [0.1, 0.15) is 10.8 Å². The van der Waals surface area contributed by atoms with Crippen LogP contribution < -0.4 is 10.7 Å². The van der Waals surface area contributed by atoms with Gasteiger partial charge >= 0.3 is 0 Å². The topological polar surface area (TPSA) is 85.2 Å². The van der Waals surface area contributed by atoms with Crippen LogP contribution in [0.3, 0.4) is 0 Å². The molecule has 2 rings (SSSR count). The van der Waals surface area contributed by atoms with E-state index < -0.39 is 0 Å². The first-order chi connectivity index (χ1) is 8.13. The SMILES string of the molecule is C=NN(C)c1nc(-n2cccn2)nc(N)c1Cl. The van der Waals surface area contributed by atoms with E-state index in [1.165, 1.54) is 9.69 Å². The molecule has 0 aromatic carbocycles. The Morgan fingerprint density at radius 1 is 1.53 bits per heavy atom. The lowest BCUT2D eigenvalue weighted by Gasteiger charge is -2.14. The zero-order valence-corrected chi connectivity index (χ0v) is 9.83. The van der Waals surface area contributed by atoms with Crippen molar-refractivity contribution in [1.82, 2.24) is 19.7 Å². The van der Waals surface area contributed by atoms with E-state index in [2.05, 4.69) is 26.9 Å². The van der Waals surface area contributed by atoms with Gasteiger partial charge in [-0.05, 0) is 6.07 Å². The van der Waals surface area contributed by atoms with Crippen molar-refractivity contribution in [3.05, 3.63) is 23.5 Å². The van der Waals surface area contributed by atoms with Crippen molar-refractivity contribution in [1.29, 1.82) is 0 Å². The van der Waals surface area contributed by atoms with Crippen molar-refractivity contribution in [2.45, 2.75) is 0 Å². The van der Waals surface area contributed by atoms with Crippen LogP contribution in [0.2, 0.25) is 5.02 Å². The number of aromatic nitrogens is 4. The van der Waals surface area contributed by atoms with Crippen molar-refractivity contribution in [2.75, 3.05) is 17.8 Å². The summed E-state index contributed by atoms with van der Waals surface area (Å²) < 4.78 is 1.48. The second-order valence-electron chi connectivity index (χ2n) is 3.16. The van der Waals surface area contributed by atoms with Crippen LogP contribution in [0, 0.1) is 0 Å². The second kappa shape index (κ2) is 4.38. The molecule has 0 aliphatic carbocycles. The van der Waals surface area contributed by atoms with Crippen molar-refractivity contribution in [3.63, 3.8) is 0 Å². The lowest BCUT2D eigenvalue weighted by Crippen LogP contribution is -2.14. The van der Waals surface area contributed by atoms with Gasteiger partial charge < -0.3 is 5.73 Å². The zero-order chi connectivity index (χ0) is 12.4. The minimum Gasteiger partial charge on any atom is -0.382 e. The first-order valence-electron chi connectivity index (χ1n) is 4.67. The molecule has 2 heterocycles. The molecule has 2 N–H and O–H groups in total. The van der Waals surface area contributed by atoms with Crippen molar-refractivity contribution in [2.24, 2.45) is 5.10 Å². The van der Waals surface area contributed by atoms with Crippen LogP contribution in [-0.2, 0) is 0 Å². The van der Waals surface area contributed by atoms with Crippen LogP contribution in [0.15, 0.2) is 23.6 Å². The lowest BCUT2D eigenvalue weighted by atomic mass is 10.5. The number of nitrogens with two attached hydrogens (primary N) is 1. The standard InChI is InChI=1S/C9H10ClN7/c1-12-16(2)8-6(10)7(11)14-9(15-8)17-5-3-4-13-17/h3-5H,1H2,2H3,(H2,11,14,15). The third kappa shape index (κ3) is 2.04. The molecule has 88 valence electrons. The van der Waals surface area contributed by atoms with Crippen LogP contribution in [0.1, 0.15) is 0 Å². The average Bonchev–Trinajstić information content (AvgIpc) is 2.85. The quantitative estimate of drug-likeness (QED) is 0.648. The van der Waals surface area contributed by atoms with Crippen LogP contribution >= 0.6 is 11.6 Å². The van der Waals surface area contributed by atoms with Gasteiger partial charge in [-0.25, -0.2) is 4.68 Å². The molecule has 0 atom stereocenters. The Kier molecular flexibility index (Phi) is 2.92. The highest BCUT2D eigenvalue weighted by atomic mass is 35.5. The number of hydrogen-bond donors (Lipinski definition) is 1. The number of halogens is 1. The van der Waals surface area contributed by atoms with Gasteiger partial charge in [0.05, 0.1) is 0 Å². The Hall–Kier alpha value is -2.15. The minimum absolute atomic E-state index is 0.165. The molecule has 2 aromatic heterocycles. The largest absolute Gasteiger partial charge is 0.382 e. The molecule has 8 heteroatoms. The number of nitrogen functional groups attached to an aromatic ring is 1. The van der Waals surface area contributed by atoms with Gasteiger partial charge in [0.2, 0.25) is 0 Å². The fourth-order valence-corrected chi connectivity index (χ4v) is 1.42. The number of rotatable bonds is 3. The molecular formula is C9H10ClN7. The third-order valence-electron chi connectivity index (χ3n) is 2.08. The molecule has 7 nitrogen and oxygen atoms in total. The summed E-state index contributed by atoms with van der Waals surface area (Å²) in [6.07, 6.45) is 3.32. The molecule has 0 unspecified atom stereocenters. The van der Waals surface area contributed by atoms with Crippen LogP contribution in [0.4, 0.5) is 11.6 Å². The molecule has 0 fully saturated rings. The number of hydrogen-bond acceptors (Lipinski definition) is 6. The van der Waals surface area contributed by atoms with E-state index in [0.29, 0.717) is 11.8 Å². The summed E-state index contributed by atoms with van der Waals surface area (Å²) in [5.41, 5.74) is 5.71. The Balaban J connectivity index is 2.57. The summed E-state index contributed by atoms with van der Waals surface area (Å²) in [6, 6.07) is 1.75. The maximum atomic E-state index is 5.99. The summed E-state index contributed by atoms with van der Waals surface area (Å²) in [4.78, 5) is 8.25. The third-order valence-corrected chi connectivity index (χ3v) is 2.44. The molecular weight excluding hydrogens is 242 g/mol. The van der Waals surface area contributed by atoms with Gasteiger partial charge in [0.25, 0.3) is 5.95 Å². The van der Waals surface area contributed by atoms with Crippen molar-refractivity contribution in [3.8, 4) is 5.95 Å². The van der Waals surface area contributed by atoms with Crippen molar-refractivity contribution >= 4 is 30.0 Å². The fraction of sp³-hybridized carbons (Fsp3) is 0.111. The van der Waals surface area contributed by atoms with E-state index in [9.17, 15) is 0 Å². The molecule has 2 aromatic rings. The predicted molar refractivity (Wildman–Crippen MR) is 66.5 cm³/mol. The molecule has 0 radical (unpaired) electrons. The number of nitrogens with zero attached hydrogens (tertiary/aromatic N) is 6. The molecule has 0 bridgehead atoms. The van der Waals surface area contributed by atoms with Gasteiger partial charge in [0, 0.05) is 26.2 Å². The molecule has 0 saturated heterocycles. The van der Waals surface area contributed by atoms with Crippen molar-refractivity contribution < 1.29 is 0 Å². The molecule has 0 spiro atoms. The van der Waals surface area contributed by atoms with Gasteiger partial charge in [-0.2, -0.15) is 20.2 Å². The van der Waals surface area contributed by atoms with Gasteiger partial charge in [-0.15, -0.1) is 0 Å². The van der Waals surface area contributed by atoms with Gasteiger partial charge in [-0.3, -0.25) is 5.01 Å². The highest BCUT2D eigenvalue weighted by Crippen LogP contribution is 2.28. The van der Waals surface area contributed by atoms with Gasteiger partial charge in [0.15, 0.2) is 5.82 Å². The highest BCUT2D eigenvalue weighted by Gasteiger charge is 2.14. The lowest BCUT2D eigenvalue weighted by molar-refractivity contribution is 0.803. The van der Waals surface area contributed by atoms with E-state index in [1.54, 1.807) is 25.5 Å². The summed E-state index contributed by atoms with van der Waals surface area (Å²) in [7, 11) is 1.66. The zero-order valence-electron chi connectivity index (χ0n) is 9.08. The van der Waals surface area contributed by atoms with Gasteiger partial charge in [-0.1, -0.05) is 11.6 Å². The Bertz CT molecular complexity index is 537. The molecule has 0 amide bonds. The second-order valence-corrected chi connectivity index (χ2v) is 3.54. The van der Waals surface area contributed by atoms with E-state index >= 15 is 0 Å². The summed E-state index contributed by atoms with van der Waals surface area (Å²) in [5, 5.41) is 9.36. The maximum Gasteiger partial charge on any atom is 0.254 e. The normalized spacial score (nSPS) is 10.2. The smallest absolute Gasteiger partial charge is 0.254 e. The predicted octanol–water partition coefficient (Wildman–Crippen LogP) is 0.950. The van der Waals surface area contributed by atoms with Crippen LogP contribution in [-0.4, -0.2) is 33.5 Å². The number of hydrazone groups is 1. The summed E-state index contributed by atoms with van der Waals surface area (Å²) >= 11 is 5.99. The molecule has 17 heavy (non-hydrogen) atoms. The molecule has 0 saturated carbocycles. The minimum atomic E-state index is 0.165. The summed E-state index contributed by atoms with van der Waals surface area (Å²) in [5.74, 6) is 0.861. The van der Waals surface area contributed by atoms with Crippen LogP contribution in [0.25, 0.3) is 5.95 Å². The monoisotopic (exact) mass is 251 g/mol. The molecule has 0 aliphatic heterocycles. The molecule has 0 aliphatic rings. The average molecular weight is 252 g/mol. The van der Waals surface area contributed by atoms with E-state index in [1.807, 2.05) is 0 Å². The van der Waals surface area contributed by atoms with E-state index in [0.717, 1.165) is 0 Å². The summed E-state index contributed by atoms with van der Waals surface area (Å²) in [6.45, 7) is 3.39. The first-order valence-corrected chi connectivity index (χ1v) is 5.04.